The Labute approximate surface area is 138 Å². The van der Waals surface area contributed by atoms with E-state index in [2.05, 4.69) is 15.9 Å². The molecule has 0 unspecified atom stereocenters. The van der Waals surface area contributed by atoms with E-state index in [1.54, 1.807) is 0 Å². The lowest BCUT2D eigenvalue weighted by Gasteiger charge is -2.31. The van der Waals surface area contributed by atoms with Crippen molar-refractivity contribution in [1.82, 2.24) is 0 Å². The molecular weight excluding hydrogens is 371 g/mol. The molecular formula is C15H20BrO3PS. The van der Waals surface area contributed by atoms with Gasteiger partial charge in [-0.25, -0.2) is 0 Å². The van der Waals surface area contributed by atoms with E-state index in [-0.39, 0.29) is 12.1 Å². The molecule has 0 spiro atoms. The van der Waals surface area contributed by atoms with Crippen molar-refractivity contribution in [3.05, 3.63) is 33.6 Å². The molecule has 0 aliphatic heterocycles. The summed E-state index contributed by atoms with van der Waals surface area (Å²) >= 11 is 5.06. The fraction of sp³-hybridized carbons (Fsp3) is 0.467. The van der Waals surface area contributed by atoms with Crippen molar-refractivity contribution in [2.75, 3.05) is 0 Å². The molecule has 1 N–H and O–H groups in total. The first-order valence-corrected chi connectivity index (χ1v) is 10.2. The van der Waals surface area contributed by atoms with Crippen LogP contribution in [0.1, 0.15) is 32.6 Å². The smallest absolute Gasteiger partial charge is 0.324 e. The molecule has 0 aliphatic carbocycles. The molecule has 1 atom stereocenters. The van der Waals surface area contributed by atoms with Crippen molar-refractivity contribution < 1.29 is 14.0 Å². The van der Waals surface area contributed by atoms with E-state index in [0.717, 1.165) is 19.4 Å². The van der Waals surface area contributed by atoms with Gasteiger partial charge in [0, 0.05) is 19.4 Å². The summed E-state index contributed by atoms with van der Waals surface area (Å²) in [6.07, 6.45) is 0.0308. The third kappa shape index (κ3) is 3.96. The maximum atomic E-state index is 12.5. The van der Waals surface area contributed by atoms with Crippen LogP contribution >= 0.6 is 34.9 Å². The fourth-order valence-electron chi connectivity index (χ4n) is 1.85. The van der Waals surface area contributed by atoms with Crippen LogP contribution in [0.15, 0.2) is 28.7 Å². The van der Waals surface area contributed by atoms with Crippen LogP contribution in [0.25, 0.3) is 10.1 Å². The standard InChI is InChI=1S/C15H20BrO3PS/c1-10(2)15(3,4)19-20(17,18)9-13-14(16)11-7-5-6-8-12(11)21-13/h5-8,10H,9H2,1-4H3,(H,17,18). The minimum absolute atomic E-state index is 0.0308. The van der Waals surface area contributed by atoms with Crippen molar-refractivity contribution in [2.24, 2.45) is 5.92 Å². The molecule has 0 radical (unpaired) electrons. The van der Waals surface area contributed by atoms with Crippen molar-refractivity contribution in [2.45, 2.75) is 39.5 Å². The van der Waals surface area contributed by atoms with Gasteiger partial charge in [0.1, 0.15) is 0 Å². The molecule has 1 aromatic heterocycles. The Kier molecular flexibility index (Phi) is 5.01. The summed E-state index contributed by atoms with van der Waals surface area (Å²) in [4.78, 5) is 11.1. The first-order valence-electron chi connectivity index (χ1n) is 6.81. The van der Waals surface area contributed by atoms with E-state index in [1.807, 2.05) is 52.0 Å². The third-order valence-corrected chi connectivity index (χ3v) is 7.74. The summed E-state index contributed by atoms with van der Waals surface area (Å²) in [5, 5.41) is 1.07. The van der Waals surface area contributed by atoms with Gasteiger partial charge in [-0.15, -0.1) is 11.3 Å². The van der Waals surface area contributed by atoms with Gasteiger partial charge in [-0.3, -0.25) is 4.57 Å². The molecule has 0 aliphatic rings. The van der Waals surface area contributed by atoms with Crippen LogP contribution in [-0.2, 0) is 15.3 Å². The highest BCUT2D eigenvalue weighted by Gasteiger charge is 2.34. The number of halogens is 1. The molecule has 0 bridgehead atoms. The second-order valence-corrected chi connectivity index (χ2v) is 9.68. The average Bonchev–Trinajstić information content (AvgIpc) is 2.64. The molecule has 0 saturated carbocycles. The quantitative estimate of drug-likeness (QED) is 0.656. The molecule has 3 nitrogen and oxygen atoms in total. The van der Waals surface area contributed by atoms with Crippen LogP contribution in [0.4, 0.5) is 0 Å². The Bertz CT molecular complexity index is 693. The van der Waals surface area contributed by atoms with E-state index in [9.17, 15) is 9.46 Å². The third-order valence-electron chi connectivity index (χ3n) is 3.71. The van der Waals surface area contributed by atoms with Gasteiger partial charge in [-0.2, -0.15) is 0 Å². The van der Waals surface area contributed by atoms with Gasteiger partial charge < -0.3 is 9.42 Å². The Balaban J connectivity index is 2.27. The highest BCUT2D eigenvalue weighted by molar-refractivity contribution is 9.10. The highest BCUT2D eigenvalue weighted by Crippen LogP contribution is 2.53. The lowest BCUT2D eigenvalue weighted by Crippen LogP contribution is -2.29. The topological polar surface area (TPSA) is 46.5 Å². The Morgan fingerprint density at radius 1 is 1.38 bits per heavy atom. The highest BCUT2D eigenvalue weighted by atomic mass is 79.9. The second-order valence-electron chi connectivity index (χ2n) is 5.98. The van der Waals surface area contributed by atoms with Crippen molar-refractivity contribution in [3.63, 3.8) is 0 Å². The predicted octanol–water partition coefficient (Wildman–Crippen LogP) is 5.80. The maximum absolute atomic E-state index is 12.5. The van der Waals surface area contributed by atoms with Crippen LogP contribution in [0.2, 0.25) is 0 Å². The van der Waals surface area contributed by atoms with E-state index in [1.165, 1.54) is 11.3 Å². The molecule has 21 heavy (non-hydrogen) atoms. The van der Waals surface area contributed by atoms with E-state index in [4.69, 9.17) is 4.52 Å². The molecule has 0 saturated heterocycles. The SMILES string of the molecule is CC(C)C(C)(C)O[P@](=O)(O)Cc1sc2ccccc2c1Br. The summed E-state index contributed by atoms with van der Waals surface area (Å²) in [6, 6.07) is 7.93. The van der Waals surface area contributed by atoms with E-state index in [0.29, 0.717) is 0 Å². The van der Waals surface area contributed by atoms with Crippen LogP contribution in [0.5, 0.6) is 0 Å². The van der Waals surface area contributed by atoms with Crippen molar-refractivity contribution in [1.29, 1.82) is 0 Å². The Morgan fingerprint density at radius 3 is 2.57 bits per heavy atom. The van der Waals surface area contributed by atoms with E-state index < -0.39 is 13.2 Å². The molecule has 116 valence electrons. The molecule has 1 heterocycles. The lowest BCUT2D eigenvalue weighted by atomic mass is 9.95. The zero-order chi connectivity index (χ0) is 15.8. The van der Waals surface area contributed by atoms with Crippen molar-refractivity contribution in [3.8, 4) is 0 Å². The number of hydrogen-bond acceptors (Lipinski definition) is 3. The summed E-state index contributed by atoms with van der Waals surface area (Å²) in [7, 11) is -3.69. The van der Waals surface area contributed by atoms with E-state index >= 15 is 0 Å². The number of benzene rings is 1. The molecule has 1 aromatic carbocycles. The van der Waals surface area contributed by atoms with Crippen LogP contribution in [-0.4, -0.2) is 10.5 Å². The number of hydrogen-bond donors (Lipinski definition) is 1. The van der Waals surface area contributed by atoms with Crippen LogP contribution in [0, 0.1) is 5.92 Å². The largest absolute Gasteiger partial charge is 0.333 e. The van der Waals surface area contributed by atoms with Gasteiger partial charge in [0.15, 0.2) is 0 Å². The Hall–Kier alpha value is -0.190. The summed E-state index contributed by atoms with van der Waals surface area (Å²) in [5.41, 5.74) is -0.632. The minimum atomic E-state index is -3.69. The molecule has 2 aromatic rings. The molecule has 0 fully saturated rings. The Morgan fingerprint density at radius 2 is 2.00 bits per heavy atom. The lowest BCUT2D eigenvalue weighted by molar-refractivity contribution is 0.0472. The van der Waals surface area contributed by atoms with Crippen LogP contribution in [0.3, 0.4) is 0 Å². The number of thiophene rings is 1. The fourth-order valence-corrected chi connectivity index (χ4v) is 6.10. The van der Waals surface area contributed by atoms with Gasteiger partial charge in [-0.05, 0) is 41.8 Å². The number of fused-ring (bicyclic) bond motifs is 1. The van der Waals surface area contributed by atoms with Crippen molar-refractivity contribution >= 4 is 44.9 Å². The van der Waals surface area contributed by atoms with Gasteiger partial charge in [0.05, 0.1) is 11.8 Å². The molecule has 0 amide bonds. The first-order chi connectivity index (χ1) is 9.62. The van der Waals surface area contributed by atoms with Gasteiger partial charge >= 0.3 is 7.60 Å². The summed E-state index contributed by atoms with van der Waals surface area (Å²) in [6.45, 7) is 7.66. The monoisotopic (exact) mass is 390 g/mol. The normalized spacial score (nSPS) is 15.6. The zero-order valence-corrected chi connectivity index (χ0v) is 15.9. The zero-order valence-electron chi connectivity index (χ0n) is 12.6. The minimum Gasteiger partial charge on any atom is -0.324 e. The number of rotatable bonds is 5. The van der Waals surface area contributed by atoms with Gasteiger partial charge in [0.2, 0.25) is 0 Å². The summed E-state index contributed by atoms with van der Waals surface area (Å²) in [5.74, 6) is 0.156. The average molecular weight is 391 g/mol. The molecule has 2 rings (SSSR count). The van der Waals surface area contributed by atoms with Crippen LogP contribution < -0.4 is 0 Å². The molecule has 6 heteroatoms. The van der Waals surface area contributed by atoms with Gasteiger partial charge in [-0.1, -0.05) is 32.0 Å². The maximum Gasteiger partial charge on any atom is 0.333 e. The second kappa shape index (κ2) is 6.13. The predicted molar refractivity (Wildman–Crippen MR) is 93.1 cm³/mol. The van der Waals surface area contributed by atoms with Gasteiger partial charge in [0.25, 0.3) is 0 Å². The first kappa shape index (κ1) is 17.2. The summed E-state index contributed by atoms with van der Waals surface area (Å²) < 4.78 is 20.0.